The van der Waals surface area contributed by atoms with Gasteiger partial charge < -0.3 is 19.1 Å². The molecule has 0 bridgehead atoms. The van der Waals surface area contributed by atoms with Crippen LogP contribution < -0.4 is 4.74 Å². The van der Waals surface area contributed by atoms with E-state index in [1.807, 2.05) is 43.3 Å². The molecule has 1 heterocycles. The van der Waals surface area contributed by atoms with Gasteiger partial charge in [0.05, 0.1) is 24.4 Å². The Bertz CT molecular complexity index is 903. The van der Waals surface area contributed by atoms with Crippen LogP contribution in [0.15, 0.2) is 48.5 Å². The van der Waals surface area contributed by atoms with E-state index in [1.165, 1.54) is 4.90 Å². The third-order valence-corrected chi connectivity index (χ3v) is 5.50. The highest BCUT2D eigenvalue weighted by Crippen LogP contribution is 2.16. The summed E-state index contributed by atoms with van der Waals surface area (Å²) in [7, 11) is 1.69. The van der Waals surface area contributed by atoms with Crippen LogP contribution in [0.1, 0.15) is 42.3 Å². The zero-order valence-electron chi connectivity index (χ0n) is 20.0. The number of carbonyl (C=O) groups is 2. The van der Waals surface area contributed by atoms with Gasteiger partial charge in [0, 0.05) is 33.2 Å². The van der Waals surface area contributed by atoms with Crippen LogP contribution in [0.25, 0.3) is 0 Å². The fourth-order valence-corrected chi connectivity index (χ4v) is 3.96. The summed E-state index contributed by atoms with van der Waals surface area (Å²) in [5, 5.41) is 0. The summed E-state index contributed by atoms with van der Waals surface area (Å²) in [5.41, 5.74) is 2.53. The smallest absolute Gasteiger partial charge is 0.338 e. The molecule has 178 valence electrons. The molecule has 1 amide bonds. The number of carbonyl (C=O) groups excluding carboxylic acids is 2. The number of benzene rings is 2. The van der Waals surface area contributed by atoms with E-state index in [0.29, 0.717) is 18.7 Å². The lowest BCUT2D eigenvalue weighted by atomic mass is 10.1. The predicted octanol–water partition coefficient (Wildman–Crippen LogP) is 3.51. The quantitative estimate of drug-likeness (QED) is 0.540. The fourth-order valence-electron chi connectivity index (χ4n) is 3.96. The van der Waals surface area contributed by atoms with Gasteiger partial charge in [0.1, 0.15) is 5.75 Å². The lowest BCUT2D eigenvalue weighted by Gasteiger charge is -2.35. The number of hydrogen-bond donors (Lipinski definition) is 0. The van der Waals surface area contributed by atoms with E-state index < -0.39 is 5.97 Å². The average molecular weight is 455 g/mol. The summed E-state index contributed by atoms with van der Waals surface area (Å²) in [6.07, 6.45) is 0.432. The van der Waals surface area contributed by atoms with Gasteiger partial charge in [-0.2, -0.15) is 0 Å². The van der Waals surface area contributed by atoms with Crippen molar-refractivity contribution in [3.63, 3.8) is 0 Å². The van der Waals surface area contributed by atoms with Gasteiger partial charge in [0.2, 0.25) is 0 Å². The SMILES string of the molecule is CCOc1ccc(CN(C)C(=O)COC(=O)c2ccc(CN3CC(C)OC(C)C3)cc2)cc1. The lowest BCUT2D eigenvalue weighted by molar-refractivity contribution is -0.133. The molecule has 1 aliphatic heterocycles. The molecule has 3 rings (SSSR count). The van der Waals surface area contributed by atoms with Crippen LogP contribution in [-0.4, -0.2) is 67.2 Å². The number of nitrogens with zero attached hydrogens (tertiary/aromatic N) is 2. The number of esters is 1. The largest absolute Gasteiger partial charge is 0.494 e. The van der Waals surface area contributed by atoms with E-state index in [1.54, 1.807) is 19.2 Å². The third kappa shape index (κ3) is 7.58. The molecule has 33 heavy (non-hydrogen) atoms. The van der Waals surface area contributed by atoms with Crippen molar-refractivity contribution in [2.75, 3.05) is 33.4 Å². The predicted molar refractivity (Wildman–Crippen MR) is 126 cm³/mol. The van der Waals surface area contributed by atoms with Gasteiger partial charge in [-0.3, -0.25) is 9.69 Å². The normalized spacial score (nSPS) is 18.5. The molecule has 1 saturated heterocycles. The Kier molecular flexibility index (Phi) is 8.86. The molecule has 0 aromatic heterocycles. The topological polar surface area (TPSA) is 68.3 Å². The van der Waals surface area contributed by atoms with Crippen LogP contribution in [0.2, 0.25) is 0 Å². The van der Waals surface area contributed by atoms with Crippen molar-refractivity contribution in [3.05, 3.63) is 65.2 Å². The maximum atomic E-state index is 12.4. The Hall–Kier alpha value is -2.90. The van der Waals surface area contributed by atoms with Crippen LogP contribution in [0.4, 0.5) is 0 Å². The Balaban J connectivity index is 1.45. The zero-order chi connectivity index (χ0) is 23.8. The number of likely N-dealkylation sites (N-methyl/N-ethyl adjacent to an activating group) is 1. The first-order valence-corrected chi connectivity index (χ1v) is 11.4. The Labute approximate surface area is 196 Å². The molecule has 2 aromatic rings. The Morgan fingerprint density at radius 1 is 1.00 bits per heavy atom. The molecule has 0 saturated carbocycles. The molecule has 1 aliphatic rings. The van der Waals surface area contributed by atoms with Crippen molar-refractivity contribution in [1.29, 1.82) is 0 Å². The Morgan fingerprint density at radius 3 is 2.21 bits per heavy atom. The molecular weight excluding hydrogens is 420 g/mol. The first-order chi connectivity index (χ1) is 15.8. The molecule has 7 nitrogen and oxygen atoms in total. The van der Waals surface area contributed by atoms with E-state index in [-0.39, 0.29) is 24.7 Å². The van der Waals surface area contributed by atoms with Crippen LogP contribution in [0.3, 0.4) is 0 Å². The van der Waals surface area contributed by atoms with E-state index >= 15 is 0 Å². The molecule has 0 aliphatic carbocycles. The molecule has 2 atom stereocenters. The van der Waals surface area contributed by atoms with E-state index in [4.69, 9.17) is 14.2 Å². The summed E-state index contributed by atoms with van der Waals surface area (Å²) in [4.78, 5) is 28.7. The summed E-state index contributed by atoms with van der Waals surface area (Å²) < 4.78 is 16.4. The number of amides is 1. The second-order valence-corrected chi connectivity index (χ2v) is 8.55. The highest BCUT2D eigenvalue weighted by atomic mass is 16.5. The number of rotatable bonds is 9. The van der Waals surface area contributed by atoms with Gasteiger partial charge in [0.15, 0.2) is 6.61 Å². The summed E-state index contributed by atoms with van der Waals surface area (Å²) in [5.74, 6) is 0.0339. The van der Waals surface area contributed by atoms with Crippen molar-refractivity contribution >= 4 is 11.9 Å². The standard InChI is InChI=1S/C26H34N2O5/c1-5-31-24-12-8-21(9-13-24)16-27(4)25(29)18-32-26(30)23-10-6-22(7-11-23)17-28-14-19(2)33-20(3)15-28/h6-13,19-20H,5,14-18H2,1-4H3. The highest BCUT2D eigenvalue weighted by molar-refractivity contribution is 5.91. The van der Waals surface area contributed by atoms with Crippen LogP contribution in [-0.2, 0) is 27.4 Å². The van der Waals surface area contributed by atoms with Gasteiger partial charge >= 0.3 is 5.97 Å². The number of ether oxygens (including phenoxy) is 3. The van der Waals surface area contributed by atoms with Crippen LogP contribution in [0, 0.1) is 0 Å². The molecule has 0 N–H and O–H groups in total. The van der Waals surface area contributed by atoms with E-state index in [0.717, 1.165) is 36.5 Å². The van der Waals surface area contributed by atoms with E-state index in [2.05, 4.69) is 18.7 Å². The van der Waals surface area contributed by atoms with Crippen LogP contribution >= 0.6 is 0 Å². The fraction of sp³-hybridized carbons (Fsp3) is 0.462. The van der Waals surface area contributed by atoms with Crippen molar-refractivity contribution in [3.8, 4) is 5.75 Å². The summed E-state index contributed by atoms with van der Waals surface area (Å²) >= 11 is 0. The highest BCUT2D eigenvalue weighted by Gasteiger charge is 2.22. The molecule has 0 spiro atoms. The second-order valence-electron chi connectivity index (χ2n) is 8.55. The molecule has 2 aromatic carbocycles. The molecule has 0 radical (unpaired) electrons. The first-order valence-electron chi connectivity index (χ1n) is 11.4. The number of morpholine rings is 1. The first kappa shape index (κ1) is 24.7. The molecule has 2 unspecified atom stereocenters. The molecule has 1 fully saturated rings. The van der Waals surface area contributed by atoms with Gasteiger partial charge in [0.25, 0.3) is 5.91 Å². The monoisotopic (exact) mass is 454 g/mol. The summed E-state index contributed by atoms with van der Waals surface area (Å²) in [6.45, 7) is 9.43. The van der Waals surface area contributed by atoms with E-state index in [9.17, 15) is 9.59 Å². The van der Waals surface area contributed by atoms with Crippen molar-refractivity contribution < 1.29 is 23.8 Å². The maximum absolute atomic E-state index is 12.4. The Morgan fingerprint density at radius 2 is 1.61 bits per heavy atom. The average Bonchev–Trinajstić information content (AvgIpc) is 2.78. The van der Waals surface area contributed by atoms with Gasteiger partial charge in [-0.25, -0.2) is 4.79 Å². The van der Waals surface area contributed by atoms with Crippen molar-refractivity contribution in [2.45, 2.75) is 46.1 Å². The van der Waals surface area contributed by atoms with Crippen molar-refractivity contribution in [1.82, 2.24) is 9.80 Å². The minimum atomic E-state index is -0.502. The maximum Gasteiger partial charge on any atom is 0.338 e. The minimum Gasteiger partial charge on any atom is -0.494 e. The van der Waals surface area contributed by atoms with Gasteiger partial charge in [-0.05, 0) is 56.2 Å². The summed E-state index contributed by atoms with van der Waals surface area (Å²) in [6, 6.07) is 14.9. The molecule has 7 heteroatoms. The van der Waals surface area contributed by atoms with Crippen LogP contribution in [0.5, 0.6) is 5.75 Å². The van der Waals surface area contributed by atoms with Gasteiger partial charge in [-0.1, -0.05) is 24.3 Å². The third-order valence-electron chi connectivity index (χ3n) is 5.50. The number of hydrogen-bond acceptors (Lipinski definition) is 6. The van der Waals surface area contributed by atoms with Gasteiger partial charge in [-0.15, -0.1) is 0 Å². The van der Waals surface area contributed by atoms with Crippen molar-refractivity contribution in [2.24, 2.45) is 0 Å². The lowest BCUT2D eigenvalue weighted by Crippen LogP contribution is -2.44. The molecular formula is C26H34N2O5. The minimum absolute atomic E-state index is 0.216. The zero-order valence-corrected chi connectivity index (χ0v) is 20.0. The second kappa shape index (κ2) is 11.8.